The molecular weight excluding hydrogens is 224 g/mol. The van der Waals surface area contributed by atoms with Gasteiger partial charge in [0.1, 0.15) is 12.2 Å². The van der Waals surface area contributed by atoms with Crippen LogP contribution in [0.25, 0.3) is 0 Å². The first-order valence-corrected chi connectivity index (χ1v) is 7.09. The lowest BCUT2D eigenvalue weighted by Gasteiger charge is -2.31. The molecular formula is C14H28N4. The van der Waals surface area contributed by atoms with Crippen molar-refractivity contribution in [3.05, 3.63) is 12.2 Å². The fraction of sp³-hybridized carbons (Fsp3) is 0.857. The molecule has 0 saturated heterocycles. The van der Waals surface area contributed by atoms with Gasteiger partial charge in [-0.05, 0) is 24.8 Å². The first kappa shape index (κ1) is 15.2. The van der Waals surface area contributed by atoms with Crippen LogP contribution in [-0.4, -0.2) is 27.4 Å². The van der Waals surface area contributed by atoms with Crippen LogP contribution in [-0.2, 0) is 13.0 Å². The molecule has 4 heteroatoms. The molecule has 1 unspecified atom stereocenters. The van der Waals surface area contributed by atoms with E-state index in [0.29, 0.717) is 6.04 Å². The normalized spacial score (nSPS) is 13.8. The summed E-state index contributed by atoms with van der Waals surface area (Å²) in [5.74, 6) is 1.11. The largest absolute Gasteiger partial charge is 0.314 e. The van der Waals surface area contributed by atoms with Crippen molar-refractivity contribution in [1.82, 2.24) is 20.1 Å². The Morgan fingerprint density at radius 2 is 2.06 bits per heavy atom. The van der Waals surface area contributed by atoms with Crippen LogP contribution in [0.3, 0.4) is 0 Å². The minimum absolute atomic E-state index is 0.283. The maximum absolute atomic E-state index is 4.37. The van der Waals surface area contributed by atoms with Crippen molar-refractivity contribution in [2.24, 2.45) is 5.41 Å². The maximum atomic E-state index is 4.37. The summed E-state index contributed by atoms with van der Waals surface area (Å²) in [5.41, 5.74) is 0.283. The number of nitrogens with one attached hydrogen (secondary N) is 1. The first-order valence-electron chi connectivity index (χ1n) is 7.09. The molecule has 0 aliphatic heterocycles. The van der Waals surface area contributed by atoms with Gasteiger partial charge in [-0.25, -0.2) is 4.98 Å². The molecule has 18 heavy (non-hydrogen) atoms. The Bertz CT molecular complexity index is 338. The average Bonchev–Trinajstić information content (AvgIpc) is 2.71. The van der Waals surface area contributed by atoms with E-state index in [-0.39, 0.29) is 5.41 Å². The summed E-state index contributed by atoms with van der Waals surface area (Å²) in [6.07, 6.45) is 4.88. The molecule has 0 aromatic carbocycles. The van der Waals surface area contributed by atoms with Crippen LogP contribution in [0.4, 0.5) is 0 Å². The Hall–Kier alpha value is -0.900. The minimum atomic E-state index is 0.283. The molecule has 0 bridgehead atoms. The van der Waals surface area contributed by atoms with E-state index in [2.05, 4.69) is 50.0 Å². The van der Waals surface area contributed by atoms with Gasteiger partial charge in [0, 0.05) is 19.0 Å². The molecule has 0 radical (unpaired) electrons. The lowest BCUT2D eigenvalue weighted by molar-refractivity contribution is 0.256. The van der Waals surface area contributed by atoms with Crippen molar-refractivity contribution in [2.45, 2.75) is 66.5 Å². The van der Waals surface area contributed by atoms with Crippen LogP contribution in [0.15, 0.2) is 6.33 Å². The Morgan fingerprint density at radius 3 is 2.61 bits per heavy atom. The zero-order chi connectivity index (χ0) is 13.6. The van der Waals surface area contributed by atoms with Gasteiger partial charge in [-0.15, -0.1) is 0 Å². The third-order valence-electron chi connectivity index (χ3n) is 3.28. The lowest BCUT2D eigenvalue weighted by atomic mass is 9.84. The van der Waals surface area contributed by atoms with Crippen molar-refractivity contribution in [3.8, 4) is 0 Å². The van der Waals surface area contributed by atoms with Gasteiger partial charge in [-0.1, -0.05) is 34.6 Å². The molecule has 0 saturated carbocycles. The van der Waals surface area contributed by atoms with Crippen molar-refractivity contribution in [2.75, 3.05) is 6.54 Å². The first-order chi connectivity index (χ1) is 8.49. The monoisotopic (exact) mass is 252 g/mol. The van der Waals surface area contributed by atoms with E-state index in [0.717, 1.165) is 38.2 Å². The van der Waals surface area contributed by atoms with Crippen molar-refractivity contribution in [3.63, 3.8) is 0 Å². The zero-order valence-corrected chi connectivity index (χ0v) is 12.5. The van der Waals surface area contributed by atoms with Gasteiger partial charge in [0.05, 0.1) is 0 Å². The number of aromatic nitrogens is 3. The highest BCUT2D eigenvalue weighted by atomic mass is 15.3. The maximum Gasteiger partial charge on any atom is 0.138 e. The highest BCUT2D eigenvalue weighted by Gasteiger charge is 2.23. The van der Waals surface area contributed by atoms with Crippen LogP contribution in [0.5, 0.6) is 0 Å². The molecule has 4 nitrogen and oxygen atoms in total. The van der Waals surface area contributed by atoms with Crippen LogP contribution < -0.4 is 5.32 Å². The van der Waals surface area contributed by atoms with Crippen LogP contribution in [0.2, 0.25) is 0 Å². The predicted molar refractivity (Wildman–Crippen MR) is 75.6 cm³/mol. The molecule has 1 aromatic rings. The summed E-state index contributed by atoms with van der Waals surface area (Å²) in [6.45, 7) is 13.2. The van der Waals surface area contributed by atoms with E-state index in [9.17, 15) is 0 Å². The lowest BCUT2D eigenvalue weighted by Crippen LogP contribution is -2.40. The second kappa shape index (κ2) is 6.88. The van der Waals surface area contributed by atoms with E-state index >= 15 is 0 Å². The standard InChI is InChI=1S/C14H28N4/c1-6-10-18-13(16-11-17-18)9-8-12(15-7-2)14(3,4)5/h11-12,15H,6-10H2,1-5H3. The summed E-state index contributed by atoms with van der Waals surface area (Å²) in [7, 11) is 0. The number of hydrogen-bond donors (Lipinski definition) is 1. The van der Waals surface area contributed by atoms with E-state index < -0.39 is 0 Å². The number of hydrogen-bond acceptors (Lipinski definition) is 3. The Kier molecular flexibility index (Phi) is 5.79. The van der Waals surface area contributed by atoms with Crippen molar-refractivity contribution in [1.29, 1.82) is 0 Å². The molecule has 0 aliphatic rings. The topological polar surface area (TPSA) is 42.7 Å². The van der Waals surface area contributed by atoms with Gasteiger partial charge in [0.25, 0.3) is 0 Å². The fourth-order valence-corrected chi connectivity index (χ4v) is 2.24. The molecule has 0 spiro atoms. The number of rotatable bonds is 7. The van der Waals surface area contributed by atoms with Crippen LogP contribution in [0, 0.1) is 5.41 Å². The second-order valence-electron chi connectivity index (χ2n) is 5.91. The molecule has 1 rings (SSSR count). The third-order valence-corrected chi connectivity index (χ3v) is 3.28. The number of nitrogens with zero attached hydrogens (tertiary/aromatic N) is 3. The summed E-state index contributed by atoms with van der Waals surface area (Å²) < 4.78 is 2.03. The van der Waals surface area contributed by atoms with E-state index in [4.69, 9.17) is 0 Å². The van der Waals surface area contributed by atoms with Crippen LogP contribution >= 0.6 is 0 Å². The van der Waals surface area contributed by atoms with Crippen LogP contribution in [0.1, 0.15) is 53.3 Å². The van der Waals surface area contributed by atoms with Gasteiger partial charge < -0.3 is 5.32 Å². The minimum Gasteiger partial charge on any atom is -0.314 e. The highest BCUT2D eigenvalue weighted by molar-refractivity contribution is 4.89. The molecule has 0 aliphatic carbocycles. The Labute approximate surface area is 111 Å². The van der Waals surface area contributed by atoms with Gasteiger partial charge in [0.15, 0.2) is 0 Å². The smallest absolute Gasteiger partial charge is 0.138 e. The van der Waals surface area contributed by atoms with E-state index in [1.165, 1.54) is 0 Å². The molecule has 0 amide bonds. The van der Waals surface area contributed by atoms with Gasteiger partial charge in [-0.3, -0.25) is 4.68 Å². The average molecular weight is 252 g/mol. The molecule has 0 fully saturated rings. The summed E-state index contributed by atoms with van der Waals surface area (Å²) in [6, 6.07) is 0.522. The molecule has 1 aromatic heterocycles. The highest BCUT2D eigenvalue weighted by Crippen LogP contribution is 2.22. The van der Waals surface area contributed by atoms with Gasteiger partial charge in [0.2, 0.25) is 0 Å². The molecule has 104 valence electrons. The predicted octanol–water partition coefficient (Wildman–Crippen LogP) is 2.64. The number of aryl methyl sites for hydroxylation is 2. The van der Waals surface area contributed by atoms with Gasteiger partial charge >= 0.3 is 0 Å². The Balaban J connectivity index is 2.58. The SMILES string of the molecule is CCCn1ncnc1CCC(NCC)C(C)(C)C. The molecule has 1 heterocycles. The van der Waals surface area contributed by atoms with Crippen molar-refractivity contribution < 1.29 is 0 Å². The quantitative estimate of drug-likeness (QED) is 0.811. The summed E-state index contributed by atoms with van der Waals surface area (Å²) in [4.78, 5) is 4.37. The summed E-state index contributed by atoms with van der Waals surface area (Å²) in [5, 5.41) is 7.86. The molecule has 1 N–H and O–H groups in total. The van der Waals surface area contributed by atoms with Gasteiger partial charge in [-0.2, -0.15) is 5.10 Å². The van der Waals surface area contributed by atoms with Crippen molar-refractivity contribution >= 4 is 0 Å². The molecule has 1 atom stereocenters. The fourth-order valence-electron chi connectivity index (χ4n) is 2.24. The van der Waals surface area contributed by atoms with E-state index in [1.807, 2.05) is 4.68 Å². The third kappa shape index (κ3) is 4.41. The van der Waals surface area contributed by atoms with E-state index in [1.54, 1.807) is 6.33 Å². The Morgan fingerprint density at radius 1 is 1.33 bits per heavy atom. The second-order valence-corrected chi connectivity index (χ2v) is 5.91. The zero-order valence-electron chi connectivity index (χ0n) is 12.5. The summed E-state index contributed by atoms with van der Waals surface area (Å²) >= 11 is 0.